The highest BCUT2D eigenvalue weighted by atomic mass is 16.4. The lowest BCUT2D eigenvalue weighted by molar-refractivity contribution is -0.141. The standard InChI is InChI=1S/C11H15N3O5/c1-3-4-7(10(17)18)12-8(15)5-14-9(16)6-13(2)11(14)19/h3,7H,1,4-6H2,2H3,(H,12,15)(H,17,18). The summed E-state index contributed by atoms with van der Waals surface area (Å²) < 4.78 is 0. The van der Waals surface area contributed by atoms with Crippen molar-refractivity contribution in [3.8, 4) is 0 Å². The summed E-state index contributed by atoms with van der Waals surface area (Å²) in [4.78, 5) is 47.3. The number of imide groups is 1. The third kappa shape index (κ3) is 3.54. The van der Waals surface area contributed by atoms with Gasteiger partial charge in [0.1, 0.15) is 19.1 Å². The number of carboxylic acids is 1. The normalized spacial score (nSPS) is 16.5. The molecule has 1 unspecified atom stereocenters. The third-order valence-electron chi connectivity index (χ3n) is 2.57. The minimum absolute atomic E-state index is 0.0584. The summed E-state index contributed by atoms with van der Waals surface area (Å²) in [6.45, 7) is 2.82. The maximum absolute atomic E-state index is 11.6. The van der Waals surface area contributed by atoms with Gasteiger partial charge in [-0.1, -0.05) is 6.08 Å². The van der Waals surface area contributed by atoms with E-state index in [0.717, 1.165) is 4.90 Å². The number of carbonyl (C=O) groups is 4. The van der Waals surface area contributed by atoms with E-state index in [1.807, 2.05) is 0 Å². The molecule has 0 aromatic rings. The molecule has 1 rings (SSSR count). The van der Waals surface area contributed by atoms with E-state index in [4.69, 9.17) is 5.11 Å². The van der Waals surface area contributed by atoms with Crippen LogP contribution in [0.2, 0.25) is 0 Å². The number of nitrogens with one attached hydrogen (secondary N) is 1. The number of urea groups is 1. The number of hydrogen-bond acceptors (Lipinski definition) is 4. The first-order chi connectivity index (χ1) is 8.86. The lowest BCUT2D eigenvalue weighted by atomic mass is 10.2. The Morgan fingerprint density at radius 3 is 2.58 bits per heavy atom. The Kier molecular flexibility index (Phi) is 4.62. The van der Waals surface area contributed by atoms with Crippen LogP contribution in [0, 0.1) is 0 Å². The third-order valence-corrected chi connectivity index (χ3v) is 2.57. The van der Waals surface area contributed by atoms with Gasteiger partial charge in [-0.15, -0.1) is 6.58 Å². The monoisotopic (exact) mass is 269 g/mol. The molecule has 0 saturated carbocycles. The Morgan fingerprint density at radius 2 is 2.16 bits per heavy atom. The van der Waals surface area contributed by atoms with Gasteiger partial charge in [-0.25, -0.2) is 9.59 Å². The number of carbonyl (C=O) groups excluding carboxylic acids is 3. The number of rotatable bonds is 6. The van der Waals surface area contributed by atoms with Gasteiger partial charge < -0.3 is 15.3 Å². The van der Waals surface area contributed by atoms with E-state index >= 15 is 0 Å². The predicted octanol–water partition coefficient (Wildman–Crippen LogP) is -0.974. The van der Waals surface area contributed by atoms with Gasteiger partial charge >= 0.3 is 12.0 Å². The highest BCUT2D eigenvalue weighted by Crippen LogP contribution is 2.07. The van der Waals surface area contributed by atoms with E-state index < -0.39 is 36.4 Å². The molecule has 8 nitrogen and oxygen atoms in total. The smallest absolute Gasteiger partial charge is 0.327 e. The second-order valence-corrected chi connectivity index (χ2v) is 4.10. The second kappa shape index (κ2) is 5.98. The minimum atomic E-state index is -1.20. The molecule has 0 aromatic heterocycles. The number of amides is 4. The predicted molar refractivity (Wildman–Crippen MR) is 64.1 cm³/mol. The van der Waals surface area contributed by atoms with E-state index in [1.165, 1.54) is 18.0 Å². The zero-order valence-electron chi connectivity index (χ0n) is 10.5. The van der Waals surface area contributed by atoms with Crippen molar-refractivity contribution in [2.75, 3.05) is 20.1 Å². The highest BCUT2D eigenvalue weighted by molar-refractivity contribution is 6.04. The van der Waals surface area contributed by atoms with Crippen molar-refractivity contribution in [2.24, 2.45) is 0 Å². The van der Waals surface area contributed by atoms with E-state index in [1.54, 1.807) is 0 Å². The largest absolute Gasteiger partial charge is 0.480 e. The van der Waals surface area contributed by atoms with E-state index in [0.29, 0.717) is 0 Å². The molecule has 8 heteroatoms. The fraction of sp³-hybridized carbons (Fsp3) is 0.455. The van der Waals surface area contributed by atoms with Gasteiger partial charge in [0.05, 0.1) is 0 Å². The van der Waals surface area contributed by atoms with Crippen molar-refractivity contribution in [1.29, 1.82) is 0 Å². The molecule has 4 amide bonds. The van der Waals surface area contributed by atoms with Crippen molar-refractivity contribution in [1.82, 2.24) is 15.1 Å². The van der Waals surface area contributed by atoms with Crippen LogP contribution in [0.15, 0.2) is 12.7 Å². The van der Waals surface area contributed by atoms with Crippen molar-refractivity contribution < 1.29 is 24.3 Å². The van der Waals surface area contributed by atoms with Crippen LogP contribution in [-0.4, -0.2) is 64.9 Å². The molecule has 0 radical (unpaired) electrons. The summed E-state index contributed by atoms with van der Waals surface area (Å²) in [5.41, 5.74) is 0. The van der Waals surface area contributed by atoms with Gasteiger partial charge in [0, 0.05) is 7.05 Å². The average molecular weight is 269 g/mol. The second-order valence-electron chi connectivity index (χ2n) is 4.10. The van der Waals surface area contributed by atoms with Gasteiger partial charge in [0.25, 0.3) is 5.91 Å². The lowest BCUT2D eigenvalue weighted by Crippen LogP contribution is -2.47. The fourth-order valence-electron chi connectivity index (χ4n) is 1.60. The van der Waals surface area contributed by atoms with Gasteiger partial charge in [-0.3, -0.25) is 14.5 Å². The summed E-state index contributed by atoms with van der Waals surface area (Å²) in [5.74, 6) is -2.39. The Morgan fingerprint density at radius 1 is 1.53 bits per heavy atom. The van der Waals surface area contributed by atoms with Gasteiger partial charge in [0.15, 0.2) is 0 Å². The molecular formula is C11H15N3O5. The highest BCUT2D eigenvalue weighted by Gasteiger charge is 2.35. The Bertz CT molecular complexity index is 434. The Hall–Kier alpha value is -2.38. The zero-order chi connectivity index (χ0) is 14.6. The maximum atomic E-state index is 11.6. The van der Waals surface area contributed by atoms with Crippen LogP contribution >= 0.6 is 0 Å². The first-order valence-corrected chi connectivity index (χ1v) is 5.55. The maximum Gasteiger partial charge on any atom is 0.327 e. The van der Waals surface area contributed by atoms with Crippen molar-refractivity contribution in [2.45, 2.75) is 12.5 Å². The SMILES string of the molecule is C=CCC(NC(=O)CN1C(=O)CN(C)C1=O)C(=O)O. The van der Waals surface area contributed by atoms with Gasteiger partial charge in [-0.05, 0) is 6.42 Å². The van der Waals surface area contributed by atoms with E-state index in [2.05, 4.69) is 11.9 Å². The number of likely N-dealkylation sites (N-methyl/N-ethyl adjacent to an activating group) is 1. The Balaban J connectivity index is 2.60. The summed E-state index contributed by atoms with van der Waals surface area (Å²) in [6.07, 6.45) is 1.42. The van der Waals surface area contributed by atoms with Crippen LogP contribution in [0.3, 0.4) is 0 Å². The van der Waals surface area contributed by atoms with Crippen molar-refractivity contribution in [3.63, 3.8) is 0 Å². The molecule has 1 fully saturated rings. The molecule has 0 spiro atoms. The molecule has 19 heavy (non-hydrogen) atoms. The molecule has 1 saturated heterocycles. The molecule has 0 aromatic carbocycles. The molecule has 1 aliphatic rings. The number of aliphatic carboxylic acids is 1. The van der Waals surface area contributed by atoms with Crippen LogP contribution in [-0.2, 0) is 14.4 Å². The molecule has 0 aliphatic carbocycles. The molecule has 104 valence electrons. The first-order valence-electron chi connectivity index (χ1n) is 5.55. The molecular weight excluding hydrogens is 254 g/mol. The number of nitrogens with zero attached hydrogens (tertiary/aromatic N) is 2. The first kappa shape index (κ1) is 14.7. The van der Waals surface area contributed by atoms with Crippen molar-refractivity contribution in [3.05, 3.63) is 12.7 Å². The molecule has 1 heterocycles. The van der Waals surface area contributed by atoms with Crippen LogP contribution in [0.25, 0.3) is 0 Å². The number of carboxylic acid groups (broad SMARTS) is 1. The van der Waals surface area contributed by atoms with Crippen LogP contribution in [0.4, 0.5) is 4.79 Å². The summed E-state index contributed by atoms with van der Waals surface area (Å²) in [7, 11) is 1.44. The topological polar surface area (TPSA) is 107 Å². The fourth-order valence-corrected chi connectivity index (χ4v) is 1.60. The minimum Gasteiger partial charge on any atom is -0.480 e. The van der Waals surface area contributed by atoms with E-state index in [9.17, 15) is 19.2 Å². The Labute approximate surface area is 109 Å². The molecule has 1 atom stereocenters. The van der Waals surface area contributed by atoms with E-state index in [-0.39, 0.29) is 13.0 Å². The summed E-state index contributed by atoms with van der Waals surface area (Å²) >= 11 is 0. The quantitative estimate of drug-likeness (QED) is 0.476. The summed E-state index contributed by atoms with van der Waals surface area (Å²) in [5, 5.41) is 11.1. The number of hydrogen-bond donors (Lipinski definition) is 2. The van der Waals surface area contributed by atoms with Crippen LogP contribution in [0.1, 0.15) is 6.42 Å². The average Bonchev–Trinajstić information content (AvgIpc) is 2.55. The van der Waals surface area contributed by atoms with Crippen LogP contribution < -0.4 is 5.32 Å². The summed E-state index contributed by atoms with van der Waals surface area (Å²) in [6, 6.07) is -1.69. The lowest BCUT2D eigenvalue weighted by Gasteiger charge is -2.16. The van der Waals surface area contributed by atoms with Crippen LogP contribution in [0.5, 0.6) is 0 Å². The van der Waals surface area contributed by atoms with Crippen molar-refractivity contribution >= 4 is 23.8 Å². The molecule has 1 aliphatic heterocycles. The molecule has 2 N–H and O–H groups in total. The molecule has 0 bridgehead atoms. The zero-order valence-corrected chi connectivity index (χ0v) is 10.5. The van der Waals surface area contributed by atoms with Gasteiger partial charge in [-0.2, -0.15) is 0 Å². The van der Waals surface area contributed by atoms with Gasteiger partial charge in [0.2, 0.25) is 5.91 Å².